The van der Waals surface area contributed by atoms with E-state index in [1.165, 1.54) is 25.9 Å². The predicted octanol–water partition coefficient (Wildman–Crippen LogP) is 6.38. The molecule has 1 N–H and O–H groups in total. The van der Waals surface area contributed by atoms with E-state index in [2.05, 4.69) is 93.8 Å². The molecule has 0 radical (unpaired) electrons. The van der Waals surface area contributed by atoms with E-state index >= 15 is 0 Å². The Morgan fingerprint density at radius 1 is 1.23 bits per heavy atom. The Labute approximate surface area is 158 Å². The zero-order valence-corrected chi connectivity index (χ0v) is 16.5. The maximum atomic E-state index is 9.48. The lowest BCUT2D eigenvalue weighted by atomic mass is 9.93. The Morgan fingerprint density at radius 2 is 2.00 bits per heavy atom. The Bertz CT molecular complexity index is 761. The van der Waals surface area contributed by atoms with E-state index in [-0.39, 0.29) is 3.42 Å². The maximum absolute atomic E-state index is 9.48. The Kier molecular flexibility index (Phi) is 4.64. The van der Waals surface area contributed by atoms with Crippen LogP contribution in [0.3, 0.4) is 0 Å². The van der Waals surface area contributed by atoms with Crippen molar-refractivity contribution in [3.63, 3.8) is 0 Å². The Morgan fingerprint density at radius 3 is 2.77 bits per heavy atom. The number of rotatable bonds is 2. The summed E-state index contributed by atoms with van der Waals surface area (Å²) in [5.74, 6) is 0.329. The van der Waals surface area contributed by atoms with E-state index in [0.29, 0.717) is 5.76 Å². The van der Waals surface area contributed by atoms with Crippen LogP contribution in [0.2, 0.25) is 0 Å². The summed E-state index contributed by atoms with van der Waals surface area (Å²) < 4.78 is 1.05. The van der Waals surface area contributed by atoms with Crippen molar-refractivity contribution < 1.29 is 5.11 Å². The molecule has 0 saturated carbocycles. The first-order valence-corrected chi connectivity index (χ1v) is 9.30. The van der Waals surface area contributed by atoms with Crippen LogP contribution in [0.1, 0.15) is 24.5 Å². The highest BCUT2D eigenvalue weighted by Gasteiger charge is 2.43. The molecule has 0 aliphatic heterocycles. The molecule has 1 nitrogen and oxygen atoms in total. The van der Waals surface area contributed by atoms with Crippen molar-refractivity contribution in [2.75, 3.05) is 0 Å². The molecule has 2 aliphatic rings. The van der Waals surface area contributed by atoms with Crippen molar-refractivity contribution in [3.05, 3.63) is 86.8 Å². The van der Waals surface area contributed by atoms with Gasteiger partial charge in [-0.1, -0.05) is 71.2 Å². The Hall–Kier alpha value is -0.820. The summed E-state index contributed by atoms with van der Waals surface area (Å²) in [4.78, 5) is 0. The van der Waals surface area contributed by atoms with Crippen molar-refractivity contribution in [1.82, 2.24) is 0 Å². The van der Waals surface area contributed by atoms with Gasteiger partial charge in [0.25, 0.3) is 0 Å². The molecule has 22 heavy (non-hydrogen) atoms. The highest BCUT2D eigenvalue weighted by Crippen LogP contribution is 2.58. The van der Waals surface area contributed by atoms with Crippen LogP contribution in [0.5, 0.6) is 0 Å². The van der Waals surface area contributed by atoms with E-state index in [1.807, 2.05) is 6.08 Å². The number of allylic oxidation sites excluding steroid dienone is 10. The predicted molar refractivity (Wildman–Crippen MR) is 110 cm³/mol. The number of halogens is 2. The minimum atomic E-state index is -0.158. The third-order valence-corrected chi connectivity index (χ3v) is 7.98. The third kappa shape index (κ3) is 2.62. The summed E-state index contributed by atoms with van der Waals surface area (Å²) in [6.45, 7) is 1.70. The number of alkyl halides is 1. The molecule has 0 saturated heterocycles. The van der Waals surface area contributed by atoms with Crippen molar-refractivity contribution in [3.8, 4) is 0 Å². The molecule has 0 fully saturated rings. The molecule has 3 rings (SSSR count). The highest BCUT2D eigenvalue weighted by molar-refractivity contribution is 14.1. The first-order valence-electron chi connectivity index (χ1n) is 7.14. The van der Waals surface area contributed by atoms with Gasteiger partial charge in [-0.2, -0.15) is 0 Å². The molecule has 3 heteroatoms. The van der Waals surface area contributed by atoms with Crippen LogP contribution in [0.15, 0.2) is 75.6 Å². The molecular formula is C19H16I2O. The summed E-state index contributed by atoms with van der Waals surface area (Å²) in [7, 11) is 0. The van der Waals surface area contributed by atoms with E-state index < -0.39 is 0 Å². The highest BCUT2D eigenvalue weighted by atomic mass is 127. The van der Waals surface area contributed by atoms with Crippen LogP contribution in [0, 0.1) is 0 Å². The largest absolute Gasteiger partial charge is 0.513 e. The molecule has 2 aliphatic carbocycles. The number of hydrogen-bond acceptors (Lipinski definition) is 1. The van der Waals surface area contributed by atoms with Gasteiger partial charge in [-0.3, -0.25) is 0 Å². The van der Waals surface area contributed by atoms with Gasteiger partial charge in [0.1, 0.15) is 3.42 Å². The average Bonchev–Trinajstić information content (AvgIpc) is 2.69. The normalized spacial score (nSPS) is 24.3. The third-order valence-electron chi connectivity index (χ3n) is 3.96. The van der Waals surface area contributed by atoms with Gasteiger partial charge in [-0.15, -0.1) is 0 Å². The van der Waals surface area contributed by atoms with Crippen LogP contribution < -0.4 is 0 Å². The molecule has 0 amide bonds. The quantitative estimate of drug-likeness (QED) is 0.210. The fourth-order valence-corrected chi connectivity index (χ4v) is 4.92. The number of benzene rings is 1. The summed E-state index contributed by atoms with van der Waals surface area (Å²) in [5, 5.41) is 9.48. The summed E-state index contributed by atoms with van der Waals surface area (Å²) in [6, 6.07) is 8.63. The van der Waals surface area contributed by atoms with Crippen LogP contribution in [0.25, 0.3) is 5.57 Å². The van der Waals surface area contributed by atoms with Gasteiger partial charge < -0.3 is 5.11 Å². The second-order valence-corrected chi connectivity index (χ2v) is 8.19. The second kappa shape index (κ2) is 6.35. The lowest BCUT2D eigenvalue weighted by molar-refractivity contribution is 0.414. The van der Waals surface area contributed by atoms with Crippen molar-refractivity contribution >= 4 is 50.8 Å². The lowest BCUT2D eigenvalue weighted by Crippen LogP contribution is -2.18. The van der Waals surface area contributed by atoms with Crippen molar-refractivity contribution in [1.29, 1.82) is 0 Å². The molecule has 0 heterocycles. The zero-order chi connectivity index (χ0) is 15.7. The molecule has 1 unspecified atom stereocenters. The molecule has 1 atom stereocenters. The van der Waals surface area contributed by atoms with E-state index in [1.54, 1.807) is 13.0 Å². The second-order valence-electron chi connectivity index (χ2n) is 5.41. The molecule has 0 bridgehead atoms. The molecule has 0 aromatic heterocycles. The summed E-state index contributed by atoms with van der Waals surface area (Å²) >= 11 is 4.98. The van der Waals surface area contributed by atoms with Crippen LogP contribution >= 0.6 is 45.2 Å². The van der Waals surface area contributed by atoms with E-state index in [4.69, 9.17) is 0 Å². The standard InChI is InChI=1S/C19H16I2O/c1-13(22)11-12-18(20)19(21)16-9-4-2-3-7-14(16)15-8-5-6-10-17(15)19/h2-8,10-12,22H,9H2,1H3/b13-11+,18-12-. The lowest BCUT2D eigenvalue weighted by Gasteiger charge is -2.27. The number of aliphatic hydroxyl groups is 1. The maximum Gasteiger partial charge on any atom is 0.100 e. The summed E-state index contributed by atoms with van der Waals surface area (Å²) in [5.41, 5.74) is 5.41. The van der Waals surface area contributed by atoms with Gasteiger partial charge in [-0.25, -0.2) is 0 Å². The van der Waals surface area contributed by atoms with Crippen LogP contribution in [-0.4, -0.2) is 5.11 Å². The number of aliphatic hydroxyl groups excluding tert-OH is 1. The zero-order valence-electron chi connectivity index (χ0n) is 12.2. The fourth-order valence-electron chi connectivity index (χ4n) is 2.97. The van der Waals surface area contributed by atoms with Crippen LogP contribution in [0.4, 0.5) is 0 Å². The topological polar surface area (TPSA) is 20.2 Å². The van der Waals surface area contributed by atoms with Gasteiger partial charge in [-0.05, 0) is 70.4 Å². The van der Waals surface area contributed by atoms with Gasteiger partial charge >= 0.3 is 0 Å². The minimum Gasteiger partial charge on any atom is -0.513 e. The van der Waals surface area contributed by atoms with Crippen molar-refractivity contribution in [2.45, 2.75) is 16.8 Å². The average molecular weight is 514 g/mol. The SMILES string of the molecule is C/C(O)=C\C=C(/I)C1(I)C2=C(C=CC=CC2)c2ccccc21. The Balaban J connectivity index is 2.23. The smallest absolute Gasteiger partial charge is 0.100 e. The van der Waals surface area contributed by atoms with Crippen LogP contribution in [-0.2, 0) is 3.42 Å². The van der Waals surface area contributed by atoms with Gasteiger partial charge in [0.2, 0.25) is 0 Å². The van der Waals surface area contributed by atoms with E-state index in [0.717, 1.165) is 6.42 Å². The van der Waals surface area contributed by atoms with Gasteiger partial charge in [0.15, 0.2) is 0 Å². The first kappa shape index (κ1) is 16.1. The van der Waals surface area contributed by atoms with Gasteiger partial charge in [0.05, 0.1) is 5.76 Å². The molecular weight excluding hydrogens is 498 g/mol. The minimum absolute atomic E-state index is 0.158. The monoisotopic (exact) mass is 514 g/mol. The number of hydrogen-bond donors (Lipinski definition) is 1. The van der Waals surface area contributed by atoms with E-state index in [9.17, 15) is 5.11 Å². The molecule has 1 aromatic rings. The molecule has 0 spiro atoms. The number of fused-ring (bicyclic) bond motifs is 2. The first-order chi connectivity index (χ1) is 10.5. The molecule has 1 aromatic carbocycles. The molecule has 112 valence electrons. The summed E-state index contributed by atoms with van der Waals surface area (Å²) in [6.07, 6.45) is 13.4. The fraction of sp³-hybridized carbons (Fsp3) is 0.158. The van der Waals surface area contributed by atoms with Crippen molar-refractivity contribution in [2.24, 2.45) is 0 Å². The van der Waals surface area contributed by atoms with Gasteiger partial charge in [0, 0.05) is 3.58 Å².